The summed E-state index contributed by atoms with van der Waals surface area (Å²) in [6.45, 7) is 6.46. The summed E-state index contributed by atoms with van der Waals surface area (Å²) in [5, 5.41) is 0. The van der Waals surface area contributed by atoms with E-state index in [4.69, 9.17) is 23.7 Å². The summed E-state index contributed by atoms with van der Waals surface area (Å²) in [6.07, 6.45) is 5.32. The number of ether oxygens (including phenoxy) is 5. The van der Waals surface area contributed by atoms with Gasteiger partial charge in [-0.05, 0) is 92.8 Å². The van der Waals surface area contributed by atoms with Gasteiger partial charge < -0.3 is 23.7 Å². The summed E-state index contributed by atoms with van der Waals surface area (Å²) in [5.74, 6) is -1.35. The van der Waals surface area contributed by atoms with Crippen molar-refractivity contribution in [2.45, 2.75) is 39.0 Å². The largest absolute Gasteiger partial charge is 0.494 e. The van der Waals surface area contributed by atoms with E-state index in [1.54, 1.807) is 36.4 Å². The van der Waals surface area contributed by atoms with Crippen molar-refractivity contribution in [3.8, 4) is 17.2 Å². The summed E-state index contributed by atoms with van der Waals surface area (Å²) in [5.41, 5.74) is 0.691. The molecule has 3 aromatic carbocycles. The fourth-order valence-electron chi connectivity index (χ4n) is 3.65. The van der Waals surface area contributed by atoms with Crippen LogP contribution >= 0.6 is 0 Å². The lowest BCUT2D eigenvalue weighted by molar-refractivity contribution is -0.137. The molecule has 0 radical (unpaired) electrons. The van der Waals surface area contributed by atoms with Crippen molar-refractivity contribution in [1.29, 1.82) is 0 Å². The van der Waals surface area contributed by atoms with E-state index in [2.05, 4.69) is 6.58 Å². The maximum atomic E-state index is 12.9. The zero-order valence-electron chi connectivity index (χ0n) is 23.5. The minimum absolute atomic E-state index is 0.0480. The maximum Gasteiger partial charge on any atom is 0.347 e. The summed E-state index contributed by atoms with van der Waals surface area (Å²) in [4.78, 5) is 48.6. The quantitative estimate of drug-likeness (QED) is 0.0834. The Balaban J connectivity index is 1.48. The van der Waals surface area contributed by atoms with Crippen molar-refractivity contribution in [2.24, 2.45) is 0 Å². The van der Waals surface area contributed by atoms with Gasteiger partial charge in [0.1, 0.15) is 22.8 Å². The van der Waals surface area contributed by atoms with Crippen LogP contribution < -0.4 is 14.2 Å². The molecule has 0 aliphatic rings. The van der Waals surface area contributed by atoms with E-state index in [-0.39, 0.29) is 22.6 Å². The van der Waals surface area contributed by atoms with E-state index in [9.17, 15) is 19.2 Å². The Morgan fingerprint density at radius 1 is 0.643 bits per heavy atom. The van der Waals surface area contributed by atoms with Gasteiger partial charge in [0.2, 0.25) is 0 Å². The molecule has 9 nitrogen and oxygen atoms in total. The van der Waals surface area contributed by atoms with Crippen molar-refractivity contribution in [2.75, 3.05) is 19.8 Å². The monoisotopic (exact) mass is 574 g/mol. The van der Waals surface area contributed by atoms with Crippen molar-refractivity contribution < 1.29 is 42.9 Å². The van der Waals surface area contributed by atoms with E-state index in [1.165, 1.54) is 36.4 Å². The number of benzene rings is 3. The van der Waals surface area contributed by atoms with Gasteiger partial charge in [-0.1, -0.05) is 25.6 Å². The van der Waals surface area contributed by atoms with Crippen LogP contribution in [-0.4, -0.2) is 43.7 Å². The lowest BCUT2D eigenvalue weighted by Crippen LogP contribution is -2.14. The molecule has 3 rings (SSSR count). The predicted octanol–water partition coefficient (Wildman–Crippen LogP) is 6.36. The minimum Gasteiger partial charge on any atom is -0.494 e. The van der Waals surface area contributed by atoms with E-state index >= 15 is 0 Å². The summed E-state index contributed by atoms with van der Waals surface area (Å²) in [7, 11) is 0. The third-order valence-corrected chi connectivity index (χ3v) is 5.86. The molecule has 9 heteroatoms. The van der Waals surface area contributed by atoms with Crippen LogP contribution in [0.5, 0.6) is 17.2 Å². The molecule has 220 valence electrons. The number of para-hydroxylation sites is 1. The van der Waals surface area contributed by atoms with Crippen molar-refractivity contribution in [3.63, 3.8) is 0 Å². The number of hydrogen-bond acceptors (Lipinski definition) is 9. The minimum atomic E-state index is -0.721. The molecule has 0 saturated carbocycles. The first-order valence-electron chi connectivity index (χ1n) is 13.7. The van der Waals surface area contributed by atoms with Crippen molar-refractivity contribution >= 4 is 23.9 Å². The van der Waals surface area contributed by atoms with Crippen LogP contribution in [0.3, 0.4) is 0 Å². The number of unbranched alkanes of at least 4 members (excludes halogenated alkanes) is 3. The zero-order chi connectivity index (χ0) is 30.2. The molecular formula is C33H34O9. The molecular weight excluding hydrogens is 540 g/mol. The molecule has 0 spiro atoms. The highest BCUT2D eigenvalue weighted by atomic mass is 16.6. The number of rotatable bonds is 16. The number of esters is 4. The van der Waals surface area contributed by atoms with Gasteiger partial charge in [0.15, 0.2) is 0 Å². The first-order valence-corrected chi connectivity index (χ1v) is 13.7. The smallest absolute Gasteiger partial charge is 0.347 e. The molecule has 42 heavy (non-hydrogen) atoms. The molecule has 0 N–H and O–H groups in total. The van der Waals surface area contributed by atoms with Gasteiger partial charge in [0.25, 0.3) is 0 Å². The average molecular weight is 575 g/mol. The second-order valence-corrected chi connectivity index (χ2v) is 9.09. The molecule has 0 heterocycles. The Morgan fingerprint density at radius 2 is 1.26 bits per heavy atom. The van der Waals surface area contributed by atoms with Gasteiger partial charge in [-0.15, -0.1) is 0 Å². The molecule has 0 unspecified atom stereocenters. The molecule has 3 aromatic rings. The lowest BCUT2D eigenvalue weighted by atomic mass is 10.2. The Morgan fingerprint density at radius 3 is 1.93 bits per heavy atom. The average Bonchev–Trinajstić information content (AvgIpc) is 3.01. The van der Waals surface area contributed by atoms with Gasteiger partial charge in [-0.25, -0.2) is 19.2 Å². The standard InChI is InChI=1S/C33H34O9/c1-3-21-40-31(35)24-15-19-27(20-16-24)41-33(37)28-11-7-8-12-29(28)42-32(36)25-13-17-26(18-14-25)38-22-9-5-6-10-23-39-30(34)4-2/h4,7-8,11-20H,2-3,5-6,9-10,21-23H2,1H3. The van der Waals surface area contributed by atoms with Gasteiger partial charge in [-0.2, -0.15) is 0 Å². The van der Waals surface area contributed by atoms with Gasteiger partial charge in [0.05, 0.1) is 30.9 Å². The molecule has 0 amide bonds. The summed E-state index contributed by atoms with van der Waals surface area (Å²) < 4.78 is 26.7. The summed E-state index contributed by atoms with van der Waals surface area (Å²) >= 11 is 0. The van der Waals surface area contributed by atoms with E-state index in [0.29, 0.717) is 37.6 Å². The zero-order valence-corrected chi connectivity index (χ0v) is 23.5. The van der Waals surface area contributed by atoms with Crippen LogP contribution in [0.1, 0.15) is 70.1 Å². The van der Waals surface area contributed by atoms with E-state index < -0.39 is 23.9 Å². The highest BCUT2D eigenvalue weighted by Gasteiger charge is 2.18. The maximum absolute atomic E-state index is 12.9. The van der Waals surface area contributed by atoms with Crippen LogP contribution in [0.4, 0.5) is 0 Å². The SMILES string of the molecule is C=CC(=O)OCCCCCCOc1ccc(C(=O)Oc2ccccc2C(=O)Oc2ccc(C(=O)OCCC)cc2)cc1. The lowest BCUT2D eigenvalue weighted by Gasteiger charge is -2.11. The number of hydrogen-bond donors (Lipinski definition) is 0. The Labute approximate surface area is 245 Å². The molecule has 0 aliphatic heterocycles. The third kappa shape index (κ3) is 10.2. The summed E-state index contributed by atoms with van der Waals surface area (Å²) in [6, 6.07) is 18.8. The molecule has 0 aromatic heterocycles. The van der Waals surface area contributed by atoms with E-state index in [0.717, 1.165) is 31.8 Å². The van der Waals surface area contributed by atoms with Crippen LogP contribution in [0, 0.1) is 0 Å². The fraction of sp³-hybridized carbons (Fsp3) is 0.273. The van der Waals surface area contributed by atoms with Crippen LogP contribution in [0.2, 0.25) is 0 Å². The second kappa shape index (κ2) is 17.0. The van der Waals surface area contributed by atoms with Gasteiger partial charge >= 0.3 is 23.9 Å². The molecule has 0 saturated heterocycles. The number of carbonyl (C=O) groups excluding carboxylic acids is 4. The second-order valence-electron chi connectivity index (χ2n) is 9.09. The van der Waals surface area contributed by atoms with Crippen LogP contribution in [0.15, 0.2) is 85.5 Å². The van der Waals surface area contributed by atoms with Crippen molar-refractivity contribution in [1.82, 2.24) is 0 Å². The van der Waals surface area contributed by atoms with Gasteiger partial charge in [0, 0.05) is 6.08 Å². The highest BCUT2D eigenvalue weighted by molar-refractivity contribution is 5.97. The highest BCUT2D eigenvalue weighted by Crippen LogP contribution is 2.23. The molecule has 0 fully saturated rings. The number of carbonyl (C=O) groups is 4. The van der Waals surface area contributed by atoms with Crippen LogP contribution in [0.25, 0.3) is 0 Å². The van der Waals surface area contributed by atoms with Gasteiger partial charge in [-0.3, -0.25) is 0 Å². The Kier molecular flexibility index (Phi) is 12.8. The first-order chi connectivity index (χ1) is 20.4. The first kappa shape index (κ1) is 31.6. The third-order valence-electron chi connectivity index (χ3n) is 5.86. The molecule has 0 aliphatic carbocycles. The predicted molar refractivity (Wildman–Crippen MR) is 155 cm³/mol. The normalized spacial score (nSPS) is 10.3. The van der Waals surface area contributed by atoms with Crippen LogP contribution in [-0.2, 0) is 14.3 Å². The van der Waals surface area contributed by atoms with E-state index in [1.807, 2.05) is 6.92 Å². The van der Waals surface area contributed by atoms with Crippen molar-refractivity contribution in [3.05, 3.63) is 102 Å². The fourth-order valence-corrected chi connectivity index (χ4v) is 3.65. The topological polar surface area (TPSA) is 114 Å². The molecule has 0 atom stereocenters. The molecule has 0 bridgehead atoms. The Hall–Kier alpha value is -4.92. The Bertz CT molecular complexity index is 1340.